The van der Waals surface area contributed by atoms with E-state index in [9.17, 15) is 9.59 Å². The molecule has 0 saturated carbocycles. The minimum Gasteiger partial charge on any atom is -0.361 e. The highest BCUT2D eigenvalue weighted by atomic mass is 16.2. The minimum atomic E-state index is -0.107. The predicted octanol–water partition coefficient (Wildman–Crippen LogP) is 2.03. The highest BCUT2D eigenvalue weighted by Gasteiger charge is 2.23. The molecule has 2 aromatic rings. The summed E-state index contributed by atoms with van der Waals surface area (Å²) in [5.74, 6) is -0.0613. The Morgan fingerprint density at radius 1 is 1.04 bits per heavy atom. The number of amides is 2. The molecule has 0 atom stereocenters. The van der Waals surface area contributed by atoms with Crippen LogP contribution in [0.4, 0.5) is 17.1 Å². The summed E-state index contributed by atoms with van der Waals surface area (Å²) in [4.78, 5) is 25.6. The minimum absolute atomic E-state index is 0.0455. The van der Waals surface area contributed by atoms with E-state index < -0.39 is 0 Å². The van der Waals surface area contributed by atoms with Gasteiger partial charge in [-0.25, -0.2) is 0 Å². The van der Waals surface area contributed by atoms with Gasteiger partial charge in [-0.1, -0.05) is 18.2 Å². The summed E-state index contributed by atoms with van der Waals surface area (Å²) < 4.78 is 0. The zero-order valence-corrected chi connectivity index (χ0v) is 13.6. The second-order valence-electron chi connectivity index (χ2n) is 6.02. The van der Waals surface area contributed by atoms with Gasteiger partial charge in [-0.2, -0.15) is 0 Å². The third-order valence-corrected chi connectivity index (χ3v) is 4.36. The highest BCUT2D eigenvalue weighted by Crippen LogP contribution is 2.31. The summed E-state index contributed by atoms with van der Waals surface area (Å²) in [6.07, 6.45) is 1.73. The Kier molecular flexibility index (Phi) is 3.85. The van der Waals surface area contributed by atoms with Crippen molar-refractivity contribution in [1.29, 1.82) is 0 Å². The van der Waals surface area contributed by atoms with E-state index in [0.717, 1.165) is 29.2 Å². The first-order valence-corrected chi connectivity index (χ1v) is 8.20. The number of hydrogen-bond donors (Lipinski definition) is 3. The molecule has 6 nitrogen and oxygen atoms in total. The second-order valence-corrected chi connectivity index (χ2v) is 6.02. The van der Waals surface area contributed by atoms with E-state index in [1.807, 2.05) is 53.4 Å². The predicted molar refractivity (Wildman–Crippen MR) is 98.3 cm³/mol. The molecule has 126 valence electrons. The van der Waals surface area contributed by atoms with Crippen LogP contribution >= 0.6 is 0 Å². The third kappa shape index (κ3) is 3.06. The van der Waals surface area contributed by atoms with Gasteiger partial charge in [0.25, 0.3) is 5.91 Å². The molecule has 1 fully saturated rings. The molecule has 2 aliphatic heterocycles. The number of carbonyl (C=O) groups is 2. The molecule has 4 rings (SSSR count). The van der Waals surface area contributed by atoms with Gasteiger partial charge in [-0.15, -0.1) is 0 Å². The maximum Gasteiger partial charge on any atom is 0.257 e. The number of piperazine rings is 1. The summed E-state index contributed by atoms with van der Waals surface area (Å²) in [5, 5.41) is 8.84. The molecule has 1 saturated heterocycles. The van der Waals surface area contributed by atoms with E-state index in [0.29, 0.717) is 18.7 Å². The van der Waals surface area contributed by atoms with Gasteiger partial charge in [0.05, 0.1) is 12.1 Å². The molecule has 2 amide bonds. The Balaban J connectivity index is 1.48. The van der Waals surface area contributed by atoms with Gasteiger partial charge < -0.3 is 20.9 Å². The lowest BCUT2D eigenvalue weighted by Crippen LogP contribution is -2.47. The SMILES string of the molecule is O=C1CN(c2ccc(NC=C3C(=O)Nc4ccccc43)cc2)CCN1. The van der Waals surface area contributed by atoms with Gasteiger partial charge >= 0.3 is 0 Å². The lowest BCUT2D eigenvalue weighted by atomic mass is 10.1. The lowest BCUT2D eigenvalue weighted by molar-refractivity contribution is -0.120. The molecule has 0 aromatic heterocycles. The third-order valence-electron chi connectivity index (χ3n) is 4.36. The Labute approximate surface area is 145 Å². The van der Waals surface area contributed by atoms with Crippen LogP contribution in [-0.2, 0) is 9.59 Å². The van der Waals surface area contributed by atoms with Crippen LogP contribution in [0.25, 0.3) is 5.57 Å². The topological polar surface area (TPSA) is 73.5 Å². The fourth-order valence-corrected chi connectivity index (χ4v) is 3.07. The largest absolute Gasteiger partial charge is 0.361 e. The van der Waals surface area contributed by atoms with Crippen molar-refractivity contribution in [3.63, 3.8) is 0 Å². The molecule has 0 radical (unpaired) electrons. The summed E-state index contributed by atoms with van der Waals surface area (Å²) >= 11 is 0. The van der Waals surface area contributed by atoms with E-state index in [2.05, 4.69) is 16.0 Å². The molecule has 2 aromatic carbocycles. The van der Waals surface area contributed by atoms with Gasteiger partial charge in [0.2, 0.25) is 5.91 Å². The number of fused-ring (bicyclic) bond motifs is 1. The smallest absolute Gasteiger partial charge is 0.257 e. The van der Waals surface area contributed by atoms with Crippen molar-refractivity contribution in [3.8, 4) is 0 Å². The maximum absolute atomic E-state index is 12.1. The van der Waals surface area contributed by atoms with E-state index in [4.69, 9.17) is 0 Å². The van der Waals surface area contributed by atoms with Gasteiger partial charge in [-0.05, 0) is 30.3 Å². The van der Waals surface area contributed by atoms with Crippen molar-refractivity contribution in [3.05, 3.63) is 60.3 Å². The first-order chi connectivity index (χ1) is 12.2. The number of carbonyl (C=O) groups excluding carboxylic acids is 2. The Hall–Kier alpha value is -3.28. The van der Waals surface area contributed by atoms with Gasteiger partial charge in [-0.3, -0.25) is 9.59 Å². The molecule has 2 heterocycles. The molecule has 0 unspecified atom stereocenters. The van der Waals surface area contributed by atoms with Crippen molar-refractivity contribution in [2.75, 3.05) is 35.2 Å². The van der Waals surface area contributed by atoms with E-state index in [1.165, 1.54) is 0 Å². The van der Waals surface area contributed by atoms with Crippen molar-refractivity contribution in [2.45, 2.75) is 0 Å². The van der Waals surface area contributed by atoms with E-state index in [1.54, 1.807) is 6.20 Å². The molecule has 3 N–H and O–H groups in total. The monoisotopic (exact) mass is 334 g/mol. The molecular weight excluding hydrogens is 316 g/mol. The van der Waals surface area contributed by atoms with Gasteiger partial charge in [0.15, 0.2) is 0 Å². The number of nitrogens with zero attached hydrogens (tertiary/aromatic N) is 1. The van der Waals surface area contributed by atoms with Crippen molar-refractivity contribution in [2.24, 2.45) is 0 Å². The number of anilines is 3. The average Bonchev–Trinajstić information content (AvgIpc) is 2.95. The number of benzene rings is 2. The lowest BCUT2D eigenvalue weighted by Gasteiger charge is -2.28. The standard InChI is InChI=1S/C19H18N4O2/c24-18-12-23(10-9-20-18)14-7-5-13(6-8-14)21-11-16-15-3-1-2-4-17(15)22-19(16)25/h1-8,11,21H,9-10,12H2,(H,20,24)(H,22,25). The summed E-state index contributed by atoms with van der Waals surface area (Å²) in [7, 11) is 0. The first-order valence-electron chi connectivity index (χ1n) is 8.20. The number of nitrogens with one attached hydrogen (secondary N) is 3. The van der Waals surface area contributed by atoms with Gasteiger partial charge in [0.1, 0.15) is 0 Å². The molecule has 0 aliphatic carbocycles. The van der Waals surface area contributed by atoms with Crippen LogP contribution < -0.4 is 20.9 Å². The summed E-state index contributed by atoms with van der Waals surface area (Å²) in [6, 6.07) is 15.5. The highest BCUT2D eigenvalue weighted by molar-refractivity contribution is 6.31. The molecule has 2 aliphatic rings. The first kappa shape index (κ1) is 15.3. The Morgan fingerprint density at radius 3 is 2.64 bits per heavy atom. The number of para-hydroxylation sites is 1. The zero-order chi connectivity index (χ0) is 17.2. The van der Waals surface area contributed by atoms with Gasteiger partial charge in [0, 0.05) is 41.9 Å². The normalized spacial score (nSPS) is 17.9. The summed E-state index contributed by atoms with van der Waals surface area (Å²) in [6.45, 7) is 1.85. The fourth-order valence-electron chi connectivity index (χ4n) is 3.07. The zero-order valence-electron chi connectivity index (χ0n) is 13.6. The number of hydrogen-bond acceptors (Lipinski definition) is 4. The number of rotatable bonds is 3. The van der Waals surface area contributed by atoms with Crippen molar-refractivity contribution >= 4 is 34.4 Å². The van der Waals surface area contributed by atoms with Crippen LogP contribution in [0.2, 0.25) is 0 Å². The molecule has 25 heavy (non-hydrogen) atoms. The Morgan fingerprint density at radius 2 is 1.84 bits per heavy atom. The molecule has 0 bridgehead atoms. The van der Waals surface area contributed by atoms with Crippen molar-refractivity contribution in [1.82, 2.24) is 5.32 Å². The van der Waals surface area contributed by atoms with Crippen LogP contribution in [0.5, 0.6) is 0 Å². The van der Waals surface area contributed by atoms with Crippen LogP contribution in [0, 0.1) is 0 Å². The quantitative estimate of drug-likeness (QED) is 0.751. The second kappa shape index (κ2) is 6.32. The Bertz CT molecular complexity index is 858. The molecule has 0 spiro atoms. The average molecular weight is 334 g/mol. The fraction of sp³-hybridized carbons (Fsp3) is 0.158. The van der Waals surface area contributed by atoms with Crippen LogP contribution in [0.15, 0.2) is 54.7 Å². The summed E-state index contributed by atoms with van der Waals surface area (Å²) in [5.41, 5.74) is 4.24. The molecule has 6 heteroatoms. The van der Waals surface area contributed by atoms with E-state index >= 15 is 0 Å². The van der Waals surface area contributed by atoms with Crippen LogP contribution in [-0.4, -0.2) is 31.4 Å². The van der Waals surface area contributed by atoms with E-state index in [-0.39, 0.29) is 11.8 Å². The van der Waals surface area contributed by atoms with Crippen LogP contribution in [0.3, 0.4) is 0 Å². The maximum atomic E-state index is 12.1. The molecular formula is C19H18N4O2. The van der Waals surface area contributed by atoms with Crippen molar-refractivity contribution < 1.29 is 9.59 Å². The van der Waals surface area contributed by atoms with Crippen LogP contribution in [0.1, 0.15) is 5.56 Å².